The molecule has 0 radical (unpaired) electrons. The van der Waals surface area contributed by atoms with Crippen molar-refractivity contribution in [2.45, 2.75) is 52.0 Å². The fourth-order valence-corrected chi connectivity index (χ4v) is 4.56. The van der Waals surface area contributed by atoms with Crippen LogP contribution >= 0.6 is 0 Å². The number of anilines is 1. The number of sulfonamides is 1. The van der Waals surface area contributed by atoms with E-state index in [2.05, 4.69) is 10.4 Å². The van der Waals surface area contributed by atoms with Crippen LogP contribution < -0.4 is 5.32 Å². The molecule has 0 aliphatic rings. The molecule has 1 unspecified atom stereocenters. The molecule has 1 aromatic carbocycles. The first kappa shape index (κ1) is 21.1. The minimum absolute atomic E-state index is 0.145. The number of benzene rings is 1. The number of nitrogens with zero attached hydrogens (tertiary/aromatic N) is 3. The van der Waals surface area contributed by atoms with E-state index in [1.54, 1.807) is 49.8 Å². The highest BCUT2D eigenvalue weighted by atomic mass is 32.2. The van der Waals surface area contributed by atoms with Crippen molar-refractivity contribution < 1.29 is 13.2 Å². The molecule has 0 saturated heterocycles. The maximum atomic E-state index is 12.9. The van der Waals surface area contributed by atoms with Crippen molar-refractivity contribution in [1.82, 2.24) is 14.1 Å². The number of aromatic nitrogens is 2. The van der Waals surface area contributed by atoms with E-state index >= 15 is 0 Å². The normalized spacial score (nSPS) is 13.0. The summed E-state index contributed by atoms with van der Waals surface area (Å²) in [6, 6.07) is 6.62. The zero-order valence-corrected chi connectivity index (χ0v) is 17.4. The smallest absolute Gasteiger partial charge is 0.256 e. The van der Waals surface area contributed by atoms with Gasteiger partial charge in [-0.15, -0.1) is 0 Å². The van der Waals surface area contributed by atoms with Crippen LogP contribution in [0.5, 0.6) is 0 Å². The maximum Gasteiger partial charge on any atom is 0.256 e. The summed E-state index contributed by atoms with van der Waals surface area (Å²) >= 11 is 0. The Hall–Kier alpha value is -2.19. The van der Waals surface area contributed by atoms with E-state index in [1.165, 1.54) is 10.4 Å². The van der Waals surface area contributed by atoms with Crippen molar-refractivity contribution in [3.63, 3.8) is 0 Å². The number of hydrogen-bond donors (Lipinski definition) is 1. The second-order valence-corrected chi connectivity index (χ2v) is 8.35. The number of aryl methyl sites for hydroxylation is 1. The molecule has 0 aliphatic heterocycles. The molecule has 7 nitrogen and oxygen atoms in total. The summed E-state index contributed by atoms with van der Waals surface area (Å²) in [4.78, 5) is 12.9. The molecule has 0 saturated carbocycles. The lowest BCUT2D eigenvalue weighted by molar-refractivity contribution is 0.102. The number of rotatable bonds is 8. The van der Waals surface area contributed by atoms with Gasteiger partial charge in [0.15, 0.2) is 0 Å². The van der Waals surface area contributed by atoms with E-state index < -0.39 is 10.0 Å². The van der Waals surface area contributed by atoms with Gasteiger partial charge in [0, 0.05) is 24.7 Å². The topological polar surface area (TPSA) is 84.3 Å². The van der Waals surface area contributed by atoms with Crippen LogP contribution in [0.15, 0.2) is 35.4 Å². The molecule has 2 aromatic rings. The van der Waals surface area contributed by atoms with Crippen molar-refractivity contribution in [2.24, 2.45) is 0 Å². The summed E-state index contributed by atoms with van der Waals surface area (Å²) in [5.41, 5.74) is 0.909. The van der Waals surface area contributed by atoms with Crippen molar-refractivity contribution in [3.8, 4) is 0 Å². The van der Waals surface area contributed by atoms with Gasteiger partial charge in [-0.2, -0.15) is 9.40 Å². The molecule has 0 fully saturated rings. The Morgan fingerprint density at radius 1 is 1.22 bits per heavy atom. The molecule has 2 rings (SSSR count). The lowest BCUT2D eigenvalue weighted by atomic mass is 10.1. The van der Waals surface area contributed by atoms with Gasteiger partial charge in [-0.1, -0.05) is 26.8 Å². The van der Waals surface area contributed by atoms with Crippen LogP contribution in [-0.4, -0.2) is 41.5 Å². The predicted octanol–water partition coefficient (Wildman–Crippen LogP) is 3.45. The second-order valence-electron chi connectivity index (χ2n) is 6.44. The number of carbonyl (C=O) groups is 1. The van der Waals surface area contributed by atoms with Gasteiger partial charge >= 0.3 is 0 Å². The van der Waals surface area contributed by atoms with Crippen LogP contribution in [0.2, 0.25) is 0 Å². The van der Waals surface area contributed by atoms with Crippen LogP contribution in [-0.2, 0) is 10.0 Å². The molecular formula is C19H28N4O3S. The van der Waals surface area contributed by atoms with Crippen LogP contribution in [0.25, 0.3) is 0 Å². The van der Waals surface area contributed by atoms with E-state index in [4.69, 9.17) is 0 Å². The molecule has 148 valence electrons. The fourth-order valence-electron chi connectivity index (χ4n) is 2.85. The average Bonchev–Trinajstić information content (AvgIpc) is 3.10. The molecule has 1 amide bonds. The van der Waals surface area contributed by atoms with Crippen LogP contribution in [0.3, 0.4) is 0 Å². The minimum Gasteiger partial charge on any atom is -0.307 e. The number of carbonyl (C=O) groups excluding carboxylic acids is 1. The number of amides is 1. The average molecular weight is 393 g/mol. The largest absolute Gasteiger partial charge is 0.307 e. The molecule has 0 aliphatic carbocycles. The SMILES string of the molecule is CCC(C)n1nccc1NC(=O)c1ccc(C)c(S(=O)(=O)N(CC)CC)c1. The van der Waals surface area contributed by atoms with Gasteiger partial charge < -0.3 is 5.32 Å². The Bertz CT molecular complexity index is 901. The second kappa shape index (κ2) is 8.67. The van der Waals surface area contributed by atoms with Crippen molar-refractivity contribution in [3.05, 3.63) is 41.6 Å². The van der Waals surface area contributed by atoms with Crippen LogP contribution in [0, 0.1) is 6.92 Å². The van der Waals surface area contributed by atoms with Gasteiger partial charge in [0.2, 0.25) is 10.0 Å². The predicted molar refractivity (Wildman–Crippen MR) is 106 cm³/mol. The highest BCUT2D eigenvalue weighted by Crippen LogP contribution is 2.23. The lowest BCUT2D eigenvalue weighted by Gasteiger charge is -2.20. The molecule has 1 heterocycles. The quantitative estimate of drug-likeness (QED) is 0.746. The summed E-state index contributed by atoms with van der Waals surface area (Å²) in [5, 5.41) is 7.08. The van der Waals surface area contributed by atoms with Gasteiger partial charge in [0.05, 0.1) is 17.1 Å². The molecule has 0 bridgehead atoms. The summed E-state index contributed by atoms with van der Waals surface area (Å²) in [5.74, 6) is 0.221. The molecule has 1 atom stereocenters. The zero-order chi connectivity index (χ0) is 20.2. The monoisotopic (exact) mass is 392 g/mol. The van der Waals surface area contributed by atoms with Gasteiger partial charge in [0.1, 0.15) is 5.82 Å². The van der Waals surface area contributed by atoms with Crippen LogP contribution in [0.1, 0.15) is 56.1 Å². The summed E-state index contributed by atoms with van der Waals surface area (Å²) < 4.78 is 28.9. The van der Waals surface area contributed by atoms with Gasteiger partial charge in [-0.3, -0.25) is 4.79 Å². The molecular weight excluding hydrogens is 364 g/mol. The van der Waals surface area contributed by atoms with Gasteiger partial charge in [-0.05, 0) is 38.0 Å². The van der Waals surface area contributed by atoms with E-state index in [0.29, 0.717) is 30.0 Å². The Morgan fingerprint density at radius 3 is 2.48 bits per heavy atom. The third-order valence-electron chi connectivity index (χ3n) is 4.69. The standard InChI is InChI=1S/C19H28N4O3S/c1-6-15(5)23-18(11-12-20-23)21-19(24)16-10-9-14(4)17(13-16)27(25,26)22(7-2)8-3/h9-13,15H,6-8H2,1-5H3,(H,21,24). The molecule has 1 aromatic heterocycles. The number of hydrogen-bond acceptors (Lipinski definition) is 4. The van der Waals surface area contributed by atoms with Crippen LogP contribution in [0.4, 0.5) is 5.82 Å². The zero-order valence-electron chi connectivity index (χ0n) is 16.6. The number of nitrogens with one attached hydrogen (secondary N) is 1. The van der Waals surface area contributed by atoms with E-state index in [9.17, 15) is 13.2 Å². The molecule has 8 heteroatoms. The molecule has 1 N–H and O–H groups in total. The maximum absolute atomic E-state index is 12.9. The summed E-state index contributed by atoms with van der Waals surface area (Å²) in [6.07, 6.45) is 2.51. The van der Waals surface area contributed by atoms with E-state index in [1.807, 2.05) is 13.8 Å². The summed E-state index contributed by atoms with van der Waals surface area (Å²) in [6.45, 7) is 10.1. The Morgan fingerprint density at radius 2 is 1.89 bits per heavy atom. The Balaban J connectivity index is 2.36. The lowest BCUT2D eigenvalue weighted by Crippen LogP contribution is -2.31. The minimum atomic E-state index is -3.64. The third kappa shape index (κ3) is 4.39. The van der Waals surface area contributed by atoms with Gasteiger partial charge in [0.25, 0.3) is 5.91 Å². The first-order valence-electron chi connectivity index (χ1n) is 9.21. The van der Waals surface area contributed by atoms with Crippen molar-refractivity contribution in [2.75, 3.05) is 18.4 Å². The first-order chi connectivity index (χ1) is 12.8. The fraction of sp³-hybridized carbons (Fsp3) is 0.474. The molecule has 0 spiro atoms. The highest BCUT2D eigenvalue weighted by Gasteiger charge is 2.25. The van der Waals surface area contributed by atoms with E-state index in [0.717, 1.165) is 6.42 Å². The Labute approximate surface area is 161 Å². The first-order valence-corrected chi connectivity index (χ1v) is 10.7. The third-order valence-corrected chi connectivity index (χ3v) is 6.89. The van der Waals surface area contributed by atoms with E-state index in [-0.39, 0.29) is 16.8 Å². The highest BCUT2D eigenvalue weighted by molar-refractivity contribution is 7.89. The Kier molecular flexibility index (Phi) is 6.78. The molecule has 27 heavy (non-hydrogen) atoms. The van der Waals surface area contributed by atoms with Crippen molar-refractivity contribution in [1.29, 1.82) is 0 Å². The van der Waals surface area contributed by atoms with Crippen molar-refractivity contribution >= 4 is 21.7 Å². The summed E-state index contributed by atoms with van der Waals surface area (Å²) in [7, 11) is -3.64. The van der Waals surface area contributed by atoms with Gasteiger partial charge in [-0.25, -0.2) is 13.1 Å².